The quantitative estimate of drug-likeness (QED) is 0.0184. The zero-order chi connectivity index (χ0) is 63.8. The monoisotopic (exact) mass is 1210 g/mol. The first-order chi connectivity index (χ1) is 40.1. The third-order valence-electron chi connectivity index (χ3n) is 14.5. The molecule has 2 rings (SSSR count). The Labute approximate surface area is 506 Å². The molecule has 1 aromatic carbocycles. The summed E-state index contributed by atoms with van der Waals surface area (Å²) < 4.78 is 39.3. The number of allylic oxidation sites excluding steroid dienone is 2. The molecule has 0 aromatic heterocycles. The van der Waals surface area contributed by atoms with E-state index in [1.807, 2.05) is 47.6 Å². The molecule has 4 N–H and O–H groups in total. The lowest BCUT2D eigenvalue weighted by molar-refractivity contribution is -0.154. The molecule has 8 atom stereocenters. The lowest BCUT2D eigenvalue weighted by Gasteiger charge is -2.33. The highest BCUT2D eigenvalue weighted by atomic mass is 28.3. The lowest BCUT2D eigenvalue weighted by Crippen LogP contribution is -2.57. The molecule has 1 heterocycles. The number of benzene rings is 1. The van der Waals surface area contributed by atoms with E-state index in [0.29, 0.717) is 96.9 Å². The number of carbonyl (C=O) groups is 9. The molecule has 1 aliphatic rings. The topological polar surface area (TPSA) is 273 Å². The molecule has 85 heavy (non-hydrogen) atoms. The summed E-state index contributed by atoms with van der Waals surface area (Å²) in [5, 5.41) is 10.9. The first kappa shape index (κ1) is 74.9. The number of ether oxygens (including phenoxy) is 7. The Bertz CT molecular complexity index is 2360. The van der Waals surface area contributed by atoms with Crippen LogP contribution >= 0.6 is 0 Å². The number of nitrogens with one attached hydrogen (secondary N) is 4. The van der Waals surface area contributed by atoms with E-state index < -0.39 is 110 Å². The molecule has 0 aliphatic carbocycles. The van der Waals surface area contributed by atoms with Crippen molar-refractivity contribution in [2.24, 2.45) is 17.8 Å². The van der Waals surface area contributed by atoms with Crippen LogP contribution in [0.1, 0.15) is 126 Å². The smallest absolute Gasteiger partial charge is 0.407 e. The van der Waals surface area contributed by atoms with E-state index in [-0.39, 0.29) is 42.4 Å². The van der Waals surface area contributed by atoms with E-state index in [4.69, 9.17) is 33.2 Å². The van der Waals surface area contributed by atoms with Gasteiger partial charge in [-0.25, -0.2) is 14.4 Å². The predicted molar refractivity (Wildman–Crippen MR) is 326 cm³/mol. The number of cyclic esters (lactones) is 2. The molecule has 0 radical (unpaired) electrons. The van der Waals surface area contributed by atoms with Gasteiger partial charge in [0.25, 0.3) is 5.91 Å². The highest BCUT2D eigenvalue weighted by Gasteiger charge is 2.36. The number of alkyl carbamates (subject to hydrolysis) is 1. The molecule has 0 bridgehead atoms. The molecule has 23 heteroatoms. The van der Waals surface area contributed by atoms with E-state index >= 15 is 0 Å². The van der Waals surface area contributed by atoms with Crippen LogP contribution in [0.4, 0.5) is 4.79 Å². The van der Waals surface area contributed by atoms with Crippen molar-refractivity contribution in [2.45, 2.75) is 189 Å². The van der Waals surface area contributed by atoms with Crippen LogP contribution in [0.25, 0.3) is 0 Å². The van der Waals surface area contributed by atoms with Crippen LogP contribution in [0, 0.1) is 17.8 Å². The number of esters is 3. The number of hydrogen-bond donors (Lipinski definition) is 4. The van der Waals surface area contributed by atoms with Crippen LogP contribution in [0.15, 0.2) is 47.6 Å². The summed E-state index contributed by atoms with van der Waals surface area (Å²) in [6, 6.07) is 2.70. The van der Waals surface area contributed by atoms with Gasteiger partial charge in [-0.2, -0.15) is 0 Å². The van der Waals surface area contributed by atoms with Crippen molar-refractivity contribution in [1.82, 2.24) is 31.1 Å². The van der Waals surface area contributed by atoms with E-state index in [2.05, 4.69) is 40.9 Å². The molecule has 0 saturated heterocycles. The lowest BCUT2D eigenvalue weighted by atomic mass is 9.93. The summed E-state index contributed by atoms with van der Waals surface area (Å²) in [7, 11) is 1.54. The van der Waals surface area contributed by atoms with Crippen LogP contribution in [0.3, 0.4) is 0 Å². The van der Waals surface area contributed by atoms with Crippen molar-refractivity contribution in [2.75, 3.05) is 73.4 Å². The third kappa shape index (κ3) is 29.7. The number of nitrogens with zero attached hydrogens (tertiary/aromatic N) is 2. The van der Waals surface area contributed by atoms with Gasteiger partial charge in [0.2, 0.25) is 23.6 Å². The van der Waals surface area contributed by atoms with Crippen molar-refractivity contribution < 1.29 is 76.3 Å². The molecule has 1 aromatic rings. The minimum atomic E-state index is -1.26. The number of likely N-dealkylation sites (N-methyl/N-ethyl adjacent to an activating group) is 2. The minimum absolute atomic E-state index is 0.0727. The maximum atomic E-state index is 14.6. The van der Waals surface area contributed by atoms with Crippen LogP contribution in [0.2, 0.25) is 25.7 Å². The van der Waals surface area contributed by atoms with Crippen LogP contribution in [0.5, 0.6) is 5.75 Å². The summed E-state index contributed by atoms with van der Waals surface area (Å²) in [4.78, 5) is 124. The summed E-state index contributed by atoms with van der Waals surface area (Å²) in [5.74, 6) is -5.62. The molecule has 1 unspecified atom stereocenters. The van der Waals surface area contributed by atoms with E-state index in [1.165, 1.54) is 32.8 Å². The van der Waals surface area contributed by atoms with Crippen molar-refractivity contribution >= 4 is 61.6 Å². The van der Waals surface area contributed by atoms with Crippen LogP contribution in [-0.2, 0) is 73.2 Å². The molecule has 0 fully saturated rings. The van der Waals surface area contributed by atoms with Gasteiger partial charge < -0.3 is 64.2 Å². The molecular formula is C62H102N6O16Si. The molecule has 0 spiro atoms. The van der Waals surface area contributed by atoms with E-state index in [1.54, 1.807) is 44.2 Å². The summed E-state index contributed by atoms with van der Waals surface area (Å²) >= 11 is 0. The number of carbonyl (C=O) groups excluding carboxylic acids is 9. The third-order valence-corrected chi connectivity index (χ3v) is 16.2. The predicted octanol–water partition coefficient (Wildman–Crippen LogP) is 6.85. The fourth-order valence-corrected chi connectivity index (χ4v) is 9.45. The van der Waals surface area contributed by atoms with E-state index in [0.717, 1.165) is 16.5 Å². The Morgan fingerprint density at radius 1 is 0.800 bits per heavy atom. The second kappa shape index (κ2) is 39.5. The zero-order valence-electron chi connectivity index (χ0n) is 53.5. The number of rotatable bonds is 26. The van der Waals surface area contributed by atoms with Gasteiger partial charge in [-0.05, 0) is 120 Å². The Balaban J connectivity index is 2.17. The molecular weight excluding hydrogens is 1110 g/mol. The molecule has 6 amide bonds. The van der Waals surface area contributed by atoms with Crippen molar-refractivity contribution in [1.29, 1.82) is 0 Å². The van der Waals surface area contributed by atoms with Crippen molar-refractivity contribution in [3.05, 3.63) is 53.1 Å². The van der Waals surface area contributed by atoms with Gasteiger partial charge in [-0.15, -0.1) is 0 Å². The summed E-state index contributed by atoms with van der Waals surface area (Å²) in [6.45, 7) is 27.0. The van der Waals surface area contributed by atoms with Crippen molar-refractivity contribution in [3.8, 4) is 5.75 Å². The molecule has 480 valence electrons. The van der Waals surface area contributed by atoms with Gasteiger partial charge in [-0.3, -0.25) is 28.8 Å². The standard InChI is InChI=1S/C62H102N6O16Si/c1-16-42(5)54-57(72)65-47(10)61(76)84-55(43(6)17-2)44(7)22-20-23-45(8)60(75)83-51(38-41(3)4)56(71)64-46(9)58(73)68(12)50(59(74)67(11)40-52(69)66-54)39-48-25-27-49(28-26-48)82-53(70)24-18-19-30-78-32-34-80-35-33-79-31-21-29-63-62(77)81-36-37-85(13,14)15/h17,23,25-28,41-42,44,46-47,50-51,54-55H,16,18-22,24,29-40H2,1-15H3,(H,63,77)(H,64,71)(H,65,72)(H,66,69)/b43-17+,45-23+/t42?,44-,46-,47+,50+,51+,54-,55+/m0/s1. The van der Waals surface area contributed by atoms with Crippen LogP contribution in [-0.4, -0.2) is 181 Å². The maximum absolute atomic E-state index is 14.6. The van der Waals surface area contributed by atoms with Crippen LogP contribution < -0.4 is 26.0 Å². The Kier molecular flexibility index (Phi) is 34.8. The van der Waals surface area contributed by atoms with Gasteiger partial charge in [0.05, 0.1) is 39.6 Å². The highest BCUT2D eigenvalue weighted by molar-refractivity contribution is 6.76. The minimum Gasteiger partial charge on any atom is -0.456 e. The number of unbranched alkanes of at least 4 members (excludes halogenated alkanes) is 1. The Morgan fingerprint density at radius 3 is 2.01 bits per heavy atom. The SMILES string of the molecule is C/C=C(\C)[C@H]1OC(=O)[C@@H](C)NC(=O)[C@H](C(C)CC)NC(=O)CN(C)C(=O)[C@@H](Cc2ccc(OC(=O)CCCCOCCOCCOCCCNC(=O)OCC[Si](C)(C)C)cc2)N(C)C(=O)[C@H](C)NC(=O)[C@@H](CC(C)C)OC(=O)/C(C)=C/CC[C@@H]1C. The number of amides is 6. The maximum Gasteiger partial charge on any atom is 0.407 e. The van der Waals surface area contributed by atoms with Gasteiger partial charge in [0.15, 0.2) is 6.10 Å². The van der Waals surface area contributed by atoms with Gasteiger partial charge in [0.1, 0.15) is 36.0 Å². The average Bonchev–Trinajstić information content (AvgIpc) is 3.54. The van der Waals surface area contributed by atoms with Crippen molar-refractivity contribution in [3.63, 3.8) is 0 Å². The summed E-state index contributed by atoms with van der Waals surface area (Å²) in [6.07, 6.45) is 4.59. The van der Waals surface area contributed by atoms with E-state index in [9.17, 15) is 43.2 Å². The normalized spacial score (nSPS) is 22.8. The second-order valence-electron chi connectivity index (χ2n) is 23.7. The Morgan fingerprint density at radius 2 is 1.41 bits per heavy atom. The van der Waals surface area contributed by atoms with Gasteiger partial charge in [0, 0.05) is 60.3 Å². The number of hydrogen-bond acceptors (Lipinski definition) is 16. The fourth-order valence-electron chi connectivity index (χ4n) is 8.73. The molecule has 0 saturated carbocycles. The zero-order valence-corrected chi connectivity index (χ0v) is 54.5. The van der Waals surface area contributed by atoms with Gasteiger partial charge >= 0.3 is 24.0 Å². The first-order valence-corrected chi connectivity index (χ1v) is 33.9. The average molecular weight is 1220 g/mol. The summed E-state index contributed by atoms with van der Waals surface area (Å²) in [5.41, 5.74) is 1.60. The molecule has 1 aliphatic heterocycles. The second-order valence-corrected chi connectivity index (χ2v) is 29.4. The Hall–Kier alpha value is -6.17. The highest BCUT2D eigenvalue weighted by Crippen LogP contribution is 2.24. The van der Waals surface area contributed by atoms with Gasteiger partial charge in [-0.1, -0.05) is 85.0 Å². The first-order valence-electron chi connectivity index (χ1n) is 30.1. The largest absolute Gasteiger partial charge is 0.456 e. The molecule has 22 nitrogen and oxygen atoms in total. The fraction of sp³-hybridized carbons (Fsp3) is 0.694.